The van der Waals surface area contributed by atoms with Crippen LogP contribution in [0, 0.1) is 0 Å². The number of hydrogen-bond acceptors (Lipinski definition) is 3. The molecule has 20 heavy (non-hydrogen) atoms. The number of likely N-dealkylation sites (N-methyl/N-ethyl adjacent to an activating group) is 1. The first-order valence-corrected chi connectivity index (χ1v) is 5.74. The molecular formula is C13H18ClN3O3. The average Bonchev–Trinajstić information content (AvgIpc) is 2.27. The Hall–Kier alpha value is -1.92. The van der Waals surface area contributed by atoms with Gasteiger partial charge in [-0.1, -0.05) is 18.2 Å². The van der Waals surface area contributed by atoms with Gasteiger partial charge in [-0.25, -0.2) is 10.2 Å². The smallest absolute Gasteiger partial charge is 0.336 e. The van der Waals surface area contributed by atoms with Crippen LogP contribution in [0.4, 0.5) is 0 Å². The van der Waals surface area contributed by atoms with Crippen LogP contribution in [0.3, 0.4) is 0 Å². The Morgan fingerprint density at radius 2 is 1.90 bits per heavy atom. The van der Waals surface area contributed by atoms with Gasteiger partial charge in [-0.3, -0.25) is 4.79 Å². The molecule has 1 rings (SSSR count). The van der Waals surface area contributed by atoms with E-state index in [9.17, 15) is 9.59 Å². The molecule has 0 saturated carbocycles. The van der Waals surface area contributed by atoms with Gasteiger partial charge in [0.15, 0.2) is 6.54 Å². The Morgan fingerprint density at radius 1 is 1.30 bits per heavy atom. The Kier molecular flexibility index (Phi) is 6.89. The molecule has 7 heteroatoms. The Bertz CT molecular complexity index is 510. The van der Waals surface area contributed by atoms with E-state index in [-0.39, 0.29) is 30.4 Å². The van der Waals surface area contributed by atoms with Gasteiger partial charge in [0.2, 0.25) is 0 Å². The topological polar surface area (TPSA) is 78.8 Å². The lowest BCUT2D eigenvalue weighted by Crippen LogP contribution is -3.00. The number of nitrogens with zero attached hydrogens (tertiary/aromatic N) is 2. The molecule has 2 N–H and O–H groups in total. The van der Waals surface area contributed by atoms with E-state index in [1.165, 1.54) is 12.3 Å². The summed E-state index contributed by atoms with van der Waals surface area (Å²) in [5.41, 5.74) is 2.97. The third-order valence-corrected chi connectivity index (χ3v) is 2.20. The van der Waals surface area contributed by atoms with Crippen LogP contribution in [0.5, 0.6) is 0 Å². The van der Waals surface area contributed by atoms with E-state index in [2.05, 4.69) is 10.5 Å². The molecule has 0 aliphatic carbocycles. The zero-order valence-electron chi connectivity index (χ0n) is 11.6. The first-order chi connectivity index (χ1) is 8.79. The number of halogens is 1. The number of nitrogens with one attached hydrogen (secondary N) is 1. The van der Waals surface area contributed by atoms with Crippen molar-refractivity contribution in [2.75, 3.05) is 27.7 Å². The number of carbonyl (C=O) groups is 2. The van der Waals surface area contributed by atoms with Gasteiger partial charge in [0.25, 0.3) is 5.91 Å². The minimum absolute atomic E-state index is 0. The molecule has 0 unspecified atom stereocenters. The maximum atomic E-state index is 11.5. The highest BCUT2D eigenvalue weighted by Crippen LogP contribution is 2.05. The summed E-state index contributed by atoms with van der Waals surface area (Å²) in [5.74, 6) is -1.25. The van der Waals surface area contributed by atoms with E-state index >= 15 is 0 Å². The van der Waals surface area contributed by atoms with E-state index in [0.29, 0.717) is 10.0 Å². The summed E-state index contributed by atoms with van der Waals surface area (Å²) in [6.07, 6.45) is 1.33. The molecule has 0 spiro atoms. The number of benzene rings is 1. The predicted molar refractivity (Wildman–Crippen MR) is 72.0 cm³/mol. The van der Waals surface area contributed by atoms with Crippen molar-refractivity contribution in [1.82, 2.24) is 5.43 Å². The van der Waals surface area contributed by atoms with Crippen molar-refractivity contribution in [3.63, 3.8) is 0 Å². The second-order valence-electron chi connectivity index (χ2n) is 5.13. The fourth-order valence-corrected chi connectivity index (χ4v) is 1.44. The van der Waals surface area contributed by atoms with Gasteiger partial charge in [-0.2, -0.15) is 5.10 Å². The monoisotopic (exact) mass is 299 g/mol. The second kappa shape index (κ2) is 7.62. The van der Waals surface area contributed by atoms with Crippen LogP contribution in [0.15, 0.2) is 29.4 Å². The fourth-order valence-electron chi connectivity index (χ4n) is 1.44. The maximum Gasteiger partial charge on any atom is 0.336 e. The molecule has 1 amide bonds. The molecule has 0 saturated heterocycles. The Balaban J connectivity index is 0.00000361. The first kappa shape index (κ1) is 18.1. The Labute approximate surface area is 124 Å². The minimum atomic E-state index is -1.03. The molecule has 1 aromatic rings. The molecular weight excluding hydrogens is 282 g/mol. The molecule has 1 aromatic carbocycles. The SMILES string of the molecule is C[N+](C)(C)CC(=O)N/N=C\c1ccccc1C(=O)O.[Cl-]. The number of quaternary nitrogens is 1. The van der Waals surface area contributed by atoms with E-state index in [0.717, 1.165) is 0 Å². The predicted octanol–water partition coefficient (Wildman–Crippen LogP) is -2.45. The van der Waals surface area contributed by atoms with Gasteiger partial charge in [-0.15, -0.1) is 0 Å². The summed E-state index contributed by atoms with van der Waals surface area (Å²) in [6.45, 7) is 0.290. The average molecular weight is 300 g/mol. The molecule has 0 fully saturated rings. The third kappa shape index (κ3) is 6.31. The van der Waals surface area contributed by atoms with Crippen molar-refractivity contribution in [3.8, 4) is 0 Å². The van der Waals surface area contributed by atoms with E-state index < -0.39 is 5.97 Å². The third-order valence-electron chi connectivity index (χ3n) is 2.20. The number of carbonyl (C=O) groups excluding carboxylic acids is 1. The van der Waals surface area contributed by atoms with Crippen molar-refractivity contribution >= 4 is 18.1 Å². The normalized spacial score (nSPS) is 10.9. The van der Waals surface area contributed by atoms with Crippen LogP contribution in [-0.2, 0) is 4.79 Å². The molecule has 0 radical (unpaired) electrons. The van der Waals surface area contributed by atoms with Gasteiger partial charge >= 0.3 is 5.97 Å². The summed E-state index contributed by atoms with van der Waals surface area (Å²) in [6, 6.07) is 6.45. The Morgan fingerprint density at radius 3 is 2.45 bits per heavy atom. The number of hydrogen-bond donors (Lipinski definition) is 2. The fraction of sp³-hybridized carbons (Fsp3) is 0.308. The molecule has 6 nitrogen and oxygen atoms in total. The number of aromatic carboxylic acids is 1. The largest absolute Gasteiger partial charge is 1.00 e. The second-order valence-corrected chi connectivity index (χ2v) is 5.13. The van der Waals surface area contributed by atoms with E-state index in [1.54, 1.807) is 18.2 Å². The summed E-state index contributed by atoms with van der Waals surface area (Å²) in [5, 5.41) is 12.7. The number of rotatable bonds is 5. The highest BCUT2D eigenvalue weighted by molar-refractivity contribution is 5.98. The number of amides is 1. The highest BCUT2D eigenvalue weighted by Gasteiger charge is 2.13. The zero-order valence-corrected chi connectivity index (χ0v) is 12.4. The van der Waals surface area contributed by atoms with Crippen LogP contribution in [0.25, 0.3) is 0 Å². The minimum Gasteiger partial charge on any atom is -1.00 e. The number of hydrazone groups is 1. The van der Waals surface area contributed by atoms with Crippen LogP contribution in [0.2, 0.25) is 0 Å². The lowest BCUT2D eigenvalue weighted by atomic mass is 10.1. The van der Waals surface area contributed by atoms with E-state index in [1.807, 2.05) is 21.1 Å². The maximum absolute atomic E-state index is 11.5. The van der Waals surface area contributed by atoms with E-state index in [4.69, 9.17) is 5.11 Å². The summed E-state index contributed by atoms with van der Waals surface area (Å²) in [7, 11) is 5.68. The van der Waals surface area contributed by atoms with Gasteiger partial charge in [0.05, 0.1) is 32.9 Å². The van der Waals surface area contributed by atoms with Crippen molar-refractivity contribution < 1.29 is 31.6 Å². The van der Waals surface area contributed by atoms with Crippen molar-refractivity contribution in [2.24, 2.45) is 5.10 Å². The molecule has 0 aromatic heterocycles. The molecule has 0 aliphatic rings. The van der Waals surface area contributed by atoms with Gasteiger partial charge in [-0.05, 0) is 6.07 Å². The lowest BCUT2D eigenvalue weighted by molar-refractivity contribution is -0.862. The molecule has 0 atom stereocenters. The quantitative estimate of drug-likeness (QED) is 0.360. The first-order valence-electron chi connectivity index (χ1n) is 5.74. The van der Waals surface area contributed by atoms with Crippen LogP contribution in [-0.4, -0.2) is 55.4 Å². The summed E-state index contributed by atoms with van der Waals surface area (Å²) < 4.78 is 0.493. The molecule has 0 aliphatic heterocycles. The molecule has 0 heterocycles. The van der Waals surface area contributed by atoms with Crippen molar-refractivity contribution in [2.45, 2.75) is 0 Å². The van der Waals surface area contributed by atoms with Crippen LogP contribution < -0.4 is 17.8 Å². The highest BCUT2D eigenvalue weighted by atomic mass is 35.5. The van der Waals surface area contributed by atoms with Crippen LogP contribution >= 0.6 is 0 Å². The molecule has 0 bridgehead atoms. The molecule has 110 valence electrons. The van der Waals surface area contributed by atoms with Crippen molar-refractivity contribution in [1.29, 1.82) is 0 Å². The standard InChI is InChI=1S/C13H17N3O3.ClH/c1-16(2,3)9-12(17)15-14-8-10-6-4-5-7-11(10)13(18)19;/h4-8H,9H2,1-3H3,(H-,15,17,18,19);1H/b14-8-;. The number of carboxylic acids is 1. The lowest BCUT2D eigenvalue weighted by Gasteiger charge is -2.21. The van der Waals surface area contributed by atoms with Gasteiger partial charge in [0, 0.05) is 5.56 Å². The summed E-state index contributed by atoms with van der Waals surface area (Å²) >= 11 is 0. The summed E-state index contributed by atoms with van der Waals surface area (Å²) in [4.78, 5) is 22.5. The van der Waals surface area contributed by atoms with Crippen LogP contribution in [0.1, 0.15) is 15.9 Å². The van der Waals surface area contributed by atoms with Gasteiger partial charge < -0.3 is 22.0 Å². The number of carboxylic acid groups (broad SMARTS) is 1. The zero-order chi connectivity index (χ0) is 14.5. The van der Waals surface area contributed by atoms with Gasteiger partial charge in [0.1, 0.15) is 0 Å². The van der Waals surface area contributed by atoms with Crippen molar-refractivity contribution in [3.05, 3.63) is 35.4 Å².